The first kappa shape index (κ1) is 34.7. The van der Waals surface area contributed by atoms with Gasteiger partial charge in [0.1, 0.15) is 0 Å². The van der Waals surface area contributed by atoms with Crippen LogP contribution in [0.3, 0.4) is 0 Å². The zero-order chi connectivity index (χ0) is 24.6. The van der Waals surface area contributed by atoms with Crippen LogP contribution in [0, 0.1) is 10.8 Å². The van der Waals surface area contributed by atoms with Gasteiger partial charge in [-0.3, -0.25) is 13.6 Å². The first-order valence-corrected chi connectivity index (χ1v) is 11.8. The van der Waals surface area contributed by atoms with Gasteiger partial charge in [-0.25, -0.2) is 9.13 Å². The van der Waals surface area contributed by atoms with Crippen LogP contribution in [0.5, 0.6) is 0 Å². The van der Waals surface area contributed by atoms with Crippen molar-refractivity contribution in [1.29, 1.82) is 0 Å². The molecule has 30 heavy (non-hydrogen) atoms. The van der Waals surface area contributed by atoms with Crippen molar-refractivity contribution < 1.29 is 82.7 Å². The van der Waals surface area contributed by atoms with Crippen molar-refractivity contribution in [3.63, 3.8) is 0 Å². The van der Waals surface area contributed by atoms with Gasteiger partial charge in [0.2, 0.25) is 0 Å². The zero-order valence-electron chi connectivity index (χ0n) is 15.5. The summed E-state index contributed by atoms with van der Waals surface area (Å²) in [7, 11) is -12.4. The molecule has 0 aromatic heterocycles. The number of rotatable bonds is 12. The summed E-state index contributed by atoms with van der Waals surface area (Å²) < 4.78 is 37.4. The van der Waals surface area contributed by atoms with Gasteiger partial charge in [-0.1, -0.05) is 0 Å². The second kappa shape index (κ2) is 16.7. The normalized spacial score (nSPS) is 12.7. The summed E-state index contributed by atoms with van der Waals surface area (Å²) in [5.41, 5.74) is -2.83. The van der Waals surface area contributed by atoms with Crippen LogP contribution in [0.4, 0.5) is 0 Å². The van der Waals surface area contributed by atoms with E-state index >= 15 is 0 Å². The van der Waals surface area contributed by atoms with Crippen molar-refractivity contribution in [3.05, 3.63) is 0 Å². The van der Waals surface area contributed by atoms with Crippen molar-refractivity contribution in [3.8, 4) is 0 Å². The number of hydrogen-bond donors (Lipinski definition) is 12. The van der Waals surface area contributed by atoms with E-state index in [1.807, 2.05) is 0 Å². The number of aliphatic hydroxyl groups excluding tert-OH is 6. The second-order valence-electron chi connectivity index (χ2n) is 5.76. The van der Waals surface area contributed by atoms with E-state index in [0.29, 0.717) is 0 Å². The smallest absolute Gasteiger partial charge is 0.396 e. The monoisotopic (exact) mass is 514 g/mol. The molecule has 0 radical (unpaired) electrons. The highest BCUT2D eigenvalue weighted by Gasteiger charge is 2.32. The lowest BCUT2D eigenvalue weighted by molar-refractivity contribution is -0.0325. The van der Waals surface area contributed by atoms with Crippen LogP contribution in [-0.2, 0) is 22.7 Å². The molecule has 0 aromatic rings. The van der Waals surface area contributed by atoms with Gasteiger partial charge in [0, 0.05) is 0 Å². The highest BCUT2D eigenvalue weighted by molar-refractivity contribution is 7.46. The Morgan fingerprint density at radius 1 is 0.600 bits per heavy atom. The Morgan fingerprint density at radius 3 is 0.867 bits per heavy atom. The van der Waals surface area contributed by atoms with Crippen molar-refractivity contribution in [2.45, 2.75) is 0 Å². The Morgan fingerprint density at radius 2 is 0.767 bits per heavy atom. The van der Waals surface area contributed by atoms with E-state index in [9.17, 15) is 9.13 Å². The SMILES string of the molecule is O=P(O)(O)OCC(CO)(CO)CO.O=P(O)(O)OCC(CO)(CO)CO.O=[PH](O)O. The Kier molecular flexibility index (Phi) is 19.4. The summed E-state index contributed by atoms with van der Waals surface area (Å²) in [5.74, 6) is 0. The van der Waals surface area contributed by atoms with Crippen LogP contribution in [0.15, 0.2) is 0 Å². The van der Waals surface area contributed by atoms with Crippen LogP contribution >= 0.6 is 23.9 Å². The largest absolute Gasteiger partial charge is 0.469 e. The average molecular weight is 514 g/mol. The zero-order valence-corrected chi connectivity index (χ0v) is 18.2. The van der Waals surface area contributed by atoms with Gasteiger partial charge < -0.3 is 60.0 Å². The molecule has 186 valence electrons. The summed E-state index contributed by atoms with van der Waals surface area (Å²) in [5, 5.41) is 52.3. The van der Waals surface area contributed by atoms with E-state index < -0.39 is 87.6 Å². The van der Waals surface area contributed by atoms with Gasteiger partial charge >= 0.3 is 23.9 Å². The minimum atomic E-state index is -4.64. The molecule has 12 N–H and O–H groups in total. The van der Waals surface area contributed by atoms with Gasteiger partial charge in [-0.15, -0.1) is 0 Å². The van der Waals surface area contributed by atoms with Gasteiger partial charge in [-0.05, 0) is 0 Å². The minimum Gasteiger partial charge on any atom is -0.396 e. The molecule has 0 aromatic carbocycles. The summed E-state index contributed by atoms with van der Waals surface area (Å²) in [4.78, 5) is 47.6. The molecule has 0 aliphatic carbocycles. The third-order valence-electron chi connectivity index (χ3n) is 3.09. The molecule has 0 rings (SSSR count). The van der Waals surface area contributed by atoms with Gasteiger partial charge in [0.05, 0.1) is 63.7 Å². The van der Waals surface area contributed by atoms with Crippen molar-refractivity contribution in [1.82, 2.24) is 0 Å². The van der Waals surface area contributed by atoms with Crippen molar-refractivity contribution in [2.24, 2.45) is 10.8 Å². The maximum absolute atomic E-state index is 10.3. The number of hydrogen-bond acceptors (Lipinski definition) is 11. The molecule has 0 spiro atoms. The molecule has 20 heteroatoms. The van der Waals surface area contributed by atoms with Crippen LogP contribution in [0.1, 0.15) is 0 Å². The molecule has 0 saturated carbocycles. The summed E-state index contributed by atoms with van der Waals surface area (Å²) in [6.45, 7) is -4.97. The quantitative estimate of drug-likeness (QED) is 0.109. The number of aliphatic hydroxyl groups is 6. The van der Waals surface area contributed by atoms with E-state index in [2.05, 4.69) is 9.05 Å². The highest BCUT2D eigenvalue weighted by atomic mass is 31.2. The van der Waals surface area contributed by atoms with E-state index in [4.69, 9.17) is 64.6 Å². The van der Waals surface area contributed by atoms with Gasteiger partial charge in [-0.2, -0.15) is 0 Å². The molecule has 0 aliphatic heterocycles. The Bertz CT molecular complexity index is 473. The maximum atomic E-state index is 10.3. The Hall–Kier alpha value is 0.130. The lowest BCUT2D eigenvalue weighted by Gasteiger charge is -2.26. The fraction of sp³-hybridized carbons (Fsp3) is 1.00. The predicted molar refractivity (Wildman–Crippen MR) is 96.8 cm³/mol. The molecular weight excluding hydrogens is 485 g/mol. The molecule has 0 amide bonds. The predicted octanol–water partition coefficient (Wildman–Crippen LogP) is -4.52. The lowest BCUT2D eigenvalue weighted by atomic mass is 9.93. The fourth-order valence-electron chi connectivity index (χ4n) is 1.02. The number of phosphoric acid groups is 2. The van der Waals surface area contributed by atoms with E-state index in [-0.39, 0.29) is 0 Å². The molecule has 0 aliphatic rings. The fourth-order valence-corrected chi connectivity index (χ4v) is 1.90. The number of phosphoric ester groups is 2. The third kappa shape index (κ3) is 20.1. The second-order valence-corrected chi connectivity index (χ2v) is 8.80. The lowest BCUT2D eigenvalue weighted by Crippen LogP contribution is -2.38. The summed E-state index contributed by atoms with van der Waals surface area (Å²) >= 11 is 0. The molecule has 17 nitrogen and oxygen atoms in total. The van der Waals surface area contributed by atoms with Crippen LogP contribution in [0.2, 0.25) is 0 Å². The van der Waals surface area contributed by atoms with Crippen LogP contribution in [-0.4, -0.2) is 113 Å². The topological polar surface area (TPSA) is 312 Å². The van der Waals surface area contributed by atoms with Gasteiger partial charge in [0.25, 0.3) is 0 Å². The first-order valence-electron chi connectivity index (χ1n) is 7.48. The Labute approximate surface area is 171 Å². The summed E-state index contributed by atoms with van der Waals surface area (Å²) in [6, 6.07) is 0. The highest BCUT2D eigenvalue weighted by Crippen LogP contribution is 2.38. The molecule has 0 unspecified atom stereocenters. The minimum absolute atomic E-state index is 0.610. The molecule has 0 fully saturated rings. The molecule has 0 atom stereocenters. The van der Waals surface area contributed by atoms with Gasteiger partial charge in [0.15, 0.2) is 0 Å². The average Bonchev–Trinajstić information content (AvgIpc) is 2.63. The van der Waals surface area contributed by atoms with E-state index in [0.717, 1.165) is 0 Å². The van der Waals surface area contributed by atoms with Crippen molar-refractivity contribution >= 4 is 23.9 Å². The molecule has 0 heterocycles. The summed E-state index contributed by atoms with van der Waals surface area (Å²) in [6.07, 6.45) is 0. The van der Waals surface area contributed by atoms with Crippen LogP contribution < -0.4 is 0 Å². The van der Waals surface area contributed by atoms with Crippen LogP contribution in [0.25, 0.3) is 0 Å². The van der Waals surface area contributed by atoms with E-state index in [1.165, 1.54) is 0 Å². The third-order valence-corrected chi connectivity index (χ3v) is 4.02. The van der Waals surface area contributed by atoms with Crippen molar-refractivity contribution in [2.75, 3.05) is 52.9 Å². The molecular formula is C10H29O17P3. The maximum Gasteiger partial charge on any atom is 0.469 e. The Balaban J connectivity index is -0.000000412. The molecule has 0 saturated heterocycles. The first-order chi connectivity index (χ1) is 13.5. The van der Waals surface area contributed by atoms with E-state index in [1.54, 1.807) is 0 Å². The standard InChI is InChI=1S/2C5H13O7P.H3O3P/c2*6-1-5(2-7,3-8)4-12-13(9,10)11;1-4(2)3/h2*6-8H,1-4H2,(H2,9,10,11);4H,(H2,1,2,3). The molecule has 0 bridgehead atoms.